The van der Waals surface area contributed by atoms with Crippen molar-refractivity contribution < 1.29 is 15.0 Å². The predicted molar refractivity (Wildman–Crippen MR) is 102 cm³/mol. The number of phenolic OH excluding ortho intramolecular Hbond substituents is 2. The zero-order valence-corrected chi connectivity index (χ0v) is 15.1. The molecule has 0 spiro atoms. The van der Waals surface area contributed by atoms with Gasteiger partial charge in [0, 0.05) is 0 Å². The van der Waals surface area contributed by atoms with E-state index in [4.69, 9.17) is 23.8 Å². The first-order chi connectivity index (χ1) is 11.8. The lowest BCUT2D eigenvalue weighted by Crippen LogP contribution is -2.30. The molecule has 1 aliphatic rings. The first kappa shape index (κ1) is 17.3. The standard InChI is InChI=1S/C18H15ClN2O3S/c1-9-3-10(2)5-12(4-9)21-17(24)14(20-18(21)25)7-11-6-13(19)16(23)15(22)8-11/h3-8,22-23H,1-2H3,(H,20,25)/b14-7+. The number of halogens is 1. The molecule has 128 valence electrons. The molecule has 2 aromatic carbocycles. The van der Waals surface area contributed by atoms with Gasteiger partial charge in [0.15, 0.2) is 16.6 Å². The number of anilines is 1. The van der Waals surface area contributed by atoms with E-state index in [1.807, 2.05) is 32.0 Å². The molecule has 0 unspecified atom stereocenters. The Morgan fingerprint density at radius 2 is 1.76 bits per heavy atom. The molecule has 7 heteroatoms. The lowest BCUT2D eigenvalue weighted by Gasteiger charge is -2.15. The smallest absolute Gasteiger partial charge is 0.281 e. The number of phenols is 2. The van der Waals surface area contributed by atoms with Gasteiger partial charge in [0.05, 0.1) is 10.7 Å². The fourth-order valence-electron chi connectivity index (χ4n) is 2.70. The summed E-state index contributed by atoms with van der Waals surface area (Å²) in [4.78, 5) is 14.2. The van der Waals surface area contributed by atoms with Crippen LogP contribution in [-0.4, -0.2) is 21.2 Å². The summed E-state index contributed by atoms with van der Waals surface area (Å²) in [6.45, 7) is 3.90. The molecule has 2 aromatic rings. The number of carbonyl (C=O) groups excluding carboxylic acids is 1. The van der Waals surface area contributed by atoms with Crippen LogP contribution >= 0.6 is 23.8 Å². The summed E-state index contributed by atoms with van der Waals surface area (Å²) in [7, 11) is 0. The van der Waals surface area contributed by atoms with E-state index in [9.17, 15) is 15.0 Å². The summed E-state index contributed by atoms with van der Waals surface area (Å²) < 4.78 is 0. The number of nitrogens with one attached hydrogen (secondary N) is 1. The Hall–Kier alpha value is -2.57. The van der Waals surface area contributed by atoms with E-state index in [2.05, 4.69) is 5.32 Å². The van der Waals surface area contributed by atoms with Crippen LogP contribution in [0.4, 0.5) is 5.69 Å². The highest BCUT2D eigenvalue weighted by Crippen LogP contribution is 2.35. The van der Waals surface area contributed by atoms with Crippen LogP contribution in [0.2, 0.25) is 5.02 Å². The van der Waals surface area contributed by atoms with Gasteiger partial charge in [-0.05, 0) is 73.1 Å². The minimum Gasteiger partial charge on any atom is -0.504 e. The summed E-state index contributed by atoms with van der Waals surface area (Å²) in [5, 5.41) is 22.3. The van der Waals surface area contributed by atoms with Crippen LogP contribution in [0, 0.1) is 13.8 Å². The number of amides is 1. The Kier molecular flexibility index (Phi) is 4.41. The monoisotopic (exact) mass is 374 g/mol. The SMILES string of the molecule is Cc1cc(C)cc(N2C(=O)/C(=C\c3cc(O)c(O)c(Cl)c3)NC2=S)c1. The second-order valence-corrected chi connectivity index (χ2v) is 6.64. The highest BCUT2D eigenvalue weighted by Gasteiger charge is 2.32. The molecule has 0 saturated carbocycles. The van der Waals surface area contributed by atoms with Gasteiger partial charge in [-0.3, -0.25) is 9.69 Å². The van der Waals surface area contributed by atoms with E-state index in [0.717, 1.165) is 11.1 Å². The fourth-order valence-corrected chi connectivity index (χ4v) is 3.23. The molecule has 3 rings (SSSR count). The molecule has 1 amide bonds. The number of aryl methyl sites for hydroxylation is 2. The van der Waals surface area contributed by atoms with Crippen molar-refractivity contribution in [2.45, 2.75) is 13.8 Å². The third kappa shape index (κ3) is 3.31. The van der Waals surface area contributed by atoms with E-state index in [0.29, 0.717) is 11.3 Å². The largest absolute Gasteiger partial charge is 0.504 e. The van der Waals surface area contributed by atoms with Crippen molar-refractivity contribution in [3.63, 3.8) is 0 Å². The van der Waals surface area contributed by atoms with Gasteiger partial charge in [0.1, 0.15) is 5.70 Å². The molecule has 0 radical (unpaired) electrons. The van der Waals surface area contributed by atoms with Crippen LogP contribution in [0.1, 0.15) is 16.7 Å². The number of nitrogens with zero attached hydrogens (tertiary/aromatic N) is 1. The molecule has 5 nitrogen and oxygen atoms in total. The predicted octanol–water partition coefficient (Wildman–Crippen LogP) is 3.63. The Morgan fingerprint density at radius 3 is 2.36 bits per heavy atom. The molecule has 0 aromatic heterocycles. The van der Waals surface area contributed by atoms with Crippen LogP contribution in [0.25, 0.3) is 6.08 Å². The van der Waals surface area contributed by atoms with Gasteiger partial charge in [-0.1, -0.05) is 17.7 Å². The summed E-state index contributed by atoms with van der Waals surface area (Å²) in [5.74, 6) is -1.07. The second kappa shape index (κ2) is 6.38. The number of hydrogen-bond acceptors (Lipinski definition) is 4. The molecule has 3 N–H and O–H groups in total. The lowest BCUT2D eigenvalue weighted by atomic mass is 10.1. The van der Waals surface area contributed by atoms with Crippen molar-refractivity contribution in [2.75, 3.05) is 4.90 Å². The quantitative estimate of drug-likeness (QED) is 0.425. The molecular weight excluding hydrogens is 360 g/mol. The van der Waals surface area contributed by atoms with Crippen molar-refractivity contribution in [2.24, 2.45) is 0 Å². The fraction of sp³-hybridized carbons (Fsp3) is 0.111. The van der Waals surface area contributed by atoms with E-state index in [1.165, 1.54) is 23.1 Å². The van der Waals surface area contributed by atoms with E-state index < -0.39 is 5.75 Å². The van der Waals surface area contributed by atoms with Crippen LogP contribution < -0.4 is 10.2 Å². The Labute approximate surface area is 155 Å². The van der Waals surface area contributed by atoms with Gasteiger partial charge in [-0.2, -0.15) is 0 Å². The minimum absolute atomic E-state index is 0.00830. The first-order valence-electron chi connectivity index (χ1n) is 7.43. The first-order valence-corrected chi connectivity index (χ1v) is 8.22. The number of carbonyl (C=O) groups is 1. The highest BCUT2D eigenvalue weighted by molar-refractivity contribution is 7.80. The maximum Gasteiger partial charge on any atom is 0.281 e. The number of hydrogen-bond donors (Lipinski definition) is 3. The minimum atomic E-state index is -0.401. The molecule has 1 heterocycles. The van der Waals surface area contributed by atoms with Crippen LogP contribution in [0.5, 0.6) is 11.5 Å². The molecule has 0 aliphatic carbocycles. The van der Waals surface area contributed by atoms with Crippen LogP contribution in [0.3, 0.4) is 0 Å². The van der Waals surface area contributed by atoms with E-state index in [-0.39, 0.29) is 27.5 Å². The summed E-state index contributed by atoms with van der Waals surface area (Å²) >= 11 is 11.1. The van der Waals surface area contributed by atoms with Gasteiger partial charge in [-0.25, -0.2) is 0 Å². The summed E-state index contributed by atoms with van der Waals surface area (Å²) in [5.41, 5.74) is 3.46. The summed E-state index contributed by atoms with van der Waals surface area (Å²) in [6.07, 6.45) is 1.52. The number of benzene rings is 2. The van der Waals surface area contributed by atoms with Gasteiger partial charge < -0.3 is 15.5 Å². The molecule has 1 fully saturated rings. The molecular formula is C18H15ClN2O3S. The average molecular weight is 375 g/mol. The molecule has 0 atom stereocenters. The van der Waals surface area contributed by atoms with E-state index >= 15 is 0 Å². The highest BCUT2D eigenvalue weighted by atomic mass is 35.5. The number of thiocarbonyl (C=S) groups is 1. The van der Waals surface area contributed by atoms with Gasteiger partial charge in [0.2, 0.25) is 0 Å². The lowest BCUT2D eigenvalue weighted by molar-refractivity contribution is -0.113. The third-order valence-corrected chi connectivity index (χ3v) is 4.29. The zero-order chi connectivity index (χ0) is 18.3. The maximum atomic E-state index is 12.7. The normalized spacial score (nSPS) is 15.8. The topological polar surface area (TPSA) is 72.8 Å². The number of rotatable bonds is 2. The Bertz CT molecular complexity index is 897. The van der Waals surface area contributed by atoms with Gasteiger partial charge >= 0.3 is 0 Å². The maximum absolute atomic E-state index is 12.7. The van der Waals surface area contributed by atoms with Crippen LogP contribution in [0.15, 0.2) is 36.0 Å². The van der Waals surface area contributed by atoms with Crippen molar-refractivity contribution in [1.29, 1.82) is 0 Å². The van der Waals surface area contributed by atoms with E-state index in [1.54, 1.807) is 0 Å². The van der Waals surface area contributed by atoms with Crippen molar-refractivity contribution in [3.8, 4) is 11.5 Å². The number of aromatic hydroxyl groups is 2. The molecule has 1 saturated heterocycles. The average Bonchev–Trinajstić information content (AvgIpc) is 2.78. The Morgan fingerprint density at radius 1 is 1.12 bits per heavy atom. The molecule has 1 aliphatic heterocycles. The molecule has 25 heavy (non-hydrogen) atoms. The third-order valence-electron chi connectivity index (χ3n) is 3.72. The van der Waals surface area contributed by atoms with Gasteiger partial charge in [0.25, 0.3) is 5.91 Å². The van der Waals surface area contributed by atoms with Crippen molar-refractivity contribution in [3.05, 3.63) is 57.7 Å². The van der Waals surface area contributed by atoms with Crippen LogP contribution in [-0.2, 0) is 4.79 Å². The van der Waals surface area contributed by atoms with Gasteiger partial charge in [-0.15, -0.1) is 0 Å². The van der Waals surface area contributed by atoms with Crippen molar-refractivity contribution in [1.82, 2.24) is 5.32 Å². The van der Waals surface area contributed by atoms with Crippen molar-refractivity contribution >= 4 is 46.6 Å². The molecule has 0 bridgehead atoms. The second-order valence-electron chi connectivity index (χ2n) is 5.85. The zero-order valence-electron chi connectivity index (χ0n) is 13.5. The Balaban J connectivity index is 1.98. The summed E-state index contributed by atoms with van der Waals surface area (Å²) in [6, 6.07) is 8.53.